The summed E-state index contributed by atoms with van der Waals surface area (Å²) in [5.74, 6) is 0.662. The summed E-state index contributed by atoms with van der Waals surface area (Å²) in [5.41, 5.74) is 0.210. The molecule has 0 aliphatic carbocycles. The van der Waals surface area contributed by atoms with Crippen molar-refractivity contribution in [2.75, 3.05) is 13.2 Å². The molecular weight excluding hydrogens is 342 g/mol. The van der Waals surface area contributed by atoms with Crippen molar-refractivity contribution in [1.82, 2.24) is 5.06 Å². The highest BCUT2D eigenvalue weighted by Gasteiger charge is 2.24. The van der Waals surface area contributed by atoms with Crippen LogP contribution in [0.25, 0.3) is 0 Å². The van der Waals surface area contributed by atoms with Gasteiger partial charge >= 0.3 is 0 Å². The zero-order valence-corrected chi connectivity index (χ0v) is 17.7. The van der Waals surface area contributed by atoms with Gasteiger partial charge < -0.3 is 14.4 Å². The van der Waals surface area contributed by atoms with Crippen LogP contribution in [0.15, 0.2) is 24.3 Å². The Labute approximate surface area is 153 Å². The number of benzene rings is 1. The van der Waals surface area contributed by atoms with Gasteiger partial charge in [-0.3, -0.25) is 0 Å². The summed E-state index contributed by atoms with van der Waals surface area (Å²) in [6.07, 6.45) is 0.370. The Kier molecular flexibility index (Phi) is 8.74. The second kappa shape index (κ2) is 9.78. The van der Waals surface area contributed by atoms with Crippen molar-refractivity contribution in [3.05, 3.63) is 29.3 Å². The zero-order valence-electron chi connectivity index (χ0n) is 15.8. The van der Waals surface area contributed by atoms with E-state index < -0.39 is 15.1 Å². The van der Waals surface area contributed by atoms with Crippen molar-refractivity contribution in [1.29, 1.82) is 0 Å². The van der Waals surface area contributed by atoms with Crippen LogP contribution in [0.4, 0.5) is 0 Å². The van der Waals surface area contributed by atoms with Gasteiger partial charge in [-0.25, -0.2) is 0 Å². The first-order valence-electron chi connectivity index (χ1n) is 8.56. The van der Waals surface area contributed by atoms with Gasteiger partial charge in [-0.15, -0.1) is 0 Å². The number of hydrogen-bond acceptors (Lipinski definition) is 4. The lowest BCUT2D eigenvalue weighted by atomic mass is 9.88. The standard InChI is InChI=1S/C18H32ClNO3Si/c1-14(11-18(2,3)4)20(23-24(5)6)12-16(21)13-22-17-9-7-8-15(19)10-17/h7-10,14,16,21,24H,11-13H2,1-6H3. The van der Waals surface area contributed by atoms with Crippen LogP contribution in [0.1, 0.15) is 34.1 Å². The molecular formula is C18H32ClNO3Si. The second-order valence-corrected chi connectivity index (χ2v) is 10.5. The molecule has 0 aliphatic heterocycles. The van der Waals surface area contributed by atoms with Crippen LogP contribution in [0, 0.1) is 5.41 Å². The molecule has 0 aliphatic rings. The average molecular weight is 374 g/mol. The van der Waals surface area contributed by atoms with Crippen LogP contribution < -0.4 is 4.74 Å². The van der Waals surface area contributed by atoms with Gasteiger partial charge in [0.25, 0.3) is 0 Å². The Morgan fingerprint density at radius 2 is 1.96 bits per heavy atom. The maximum absolute atomic E-state index is 10.3. The van der Waals surface area contributed by atoms with Crippen molar-refractivity contribution in [3.8, 4) is 5.75 Å². The third-order valence-electron chi connectivity index (χ3n) is 3.37. The Morgan fingerprint density at radius 3 is 2.50 bits per heavy atom. The molecule has 138 valence electrons. The van der Waals surface area contributed by atoms with Crippen LogP contribution in [-0.2, 0) is 4.53 Å². The SMILES string of the molecule is CC(CC(C)(C)C)N(CC(O)COc1cccc(Cl)c1)O[SiH](C)C. The van der Waals surface area contributed by atoms with Crippen molar-refractivity contribution in [2.24, 2.45) is 5.41 Å². The molecule has 1 aromatic rings. The molecule has 0 heterocycles. The maximum Gasteiger partial charge on any atom is 0.199 e. The molecule has 1 aromatic carbocycles. The van der Waals surface area contributed by atoms with Crippen molar-refractivity contribution >= 4 is 20.6 Å². The van der Waals surface area contributed by atoms with Gasteiger partial charge in [-0.1, -0.05) is 38.4 Å². The zero-order chi connectivity index (χ0) is 18.3. The first-order valence-corrected chi connectivity index (χ1v) is 11.7. The minimum Gasteiger partial charge on any atom is -0.491 e. The molecule has 1 N–H and O–H groups in total. The van der Waals surface area contributed by atoms with E-state index >= 15 is 0 Å². The molecule has 1 rings (SSSR count). The second-order valence-electron chi connectivity index (χ2n) is 7.79. The molecule has 24 heavy (non-hydrogen) atoms. The molecule has 0 saturated carbocycles. The molecule has 0 saturated heterocycles. The molecule has 0 radical (unpaired) electrons. The van der Waals surface area contributed by atoms with Crippen LogP contribution >= 0.6 is 11.6 Å². The van der Waals surface area contributed by atoms with E-state index in [9.17, 15) is 5.11 Å². The first kappa shape index (κ1) is 21.4. The lowest BCUT2D eigenvalue weighted by Crippen LogP contribution is -2.44. The number of rotatable bonds is 9. The van der Waals surface area contributed by atoms with E-state index in [0.717, 1.165) is 6.42 Å². The molecule has 4 nitrogen and oxygen atoms in total. The van der Waals surface area contributed by atoms with E-state index in [1.807, 2.05) is 17.2 Å². The number of hydrogen-bond donors (Lipinski definition) is 1. The molecule has 2 atom stereocenters. The van der Waals surface area contributed by atoms with Gasteiger partial charge in [-0.05, 0) is 50.1 Å². The molecule has 0 fully saturated rings. The number of hydroxylamine groups is 2. The van der Waals surface area contributed by atoms with Gasteiger partial charge in [0.05, 0.1) is 6.54 Å². The monoisotopic (exact) mass is 373 g/mol. The normalized spacial score (nSPS) is 14.9. The Hall–Kier alpha value is -0.593. The summed E-state index contributed by atoms with van der Waals surface area (Å²) in [6, 6.07) is 7.43. The summed E-state index contributed by atoms with van der Waals surface area (Å²) in [6.45, 7) is 13.7. The molecule has 0 bridgehead atoms. The number of halogens is 1. The number of ether oxygens (including phenoxy) is 1. The van der Waals surface area contributed by atoms with Crippen molar-refractivity contribution < 1.29 is 14.4 Å². The van der Waals surface area contributed by atoms with E-state index in [2.05, 4.69) is 40.8 Å². The molecule has 0 aromatic heterocycles. The highest BCUT2D eigenvalue weighted by molar-refractivity contribution is 6.48. The molecule has 6 heteroatoms. The molecule has 0 spiro atoms. The van der Waals surface area contributed by atoms with E-state index in [-0.39, 0.29) is 18.1 Å². The average Bonchev–Trinajstić information content (AvgIpc) is 2.42. The van der Waals surface area contributed by atoms with Gasteiger partial charge in [0.15, 0.2) is 9.04 Å². The van der Waals surface area contributed by atoms with E-state index in [0.29, 0.717) is 17.3 Å². The fourth-order valence-electron chi connectivity index (χ4n) is 2.60. The van der Waals surface area contributed by atoms with Crippen LogP contribution in [0.2, 0.25) is 18.1 Å². The van der Waals surface area contributed by atoms with Gasteiger partial charge in [0, 0.05) is 11.1 Å². The van der Waals surface area contributed by atoms with Crippen LogP contribution in [0.5, 0.6) is 5.75 Å². The summed E-state index contributed by atoms with van der Waals surface area (Å²) >= 11 is 5.94. The Morgan fingerprint density at radius 1 is 1.29 bits per heavy atom. The minimum absolute atomic E-state index is 0.210. The number of aliphatic hydroxyl groups excluding tert-OH is 1. The topological polar surface area (TPSA) is 41.9 Å². The fraction of sp³-hybridized carbons (Fsp3) is 0.667. The van der Waals surface area contributed by atoms with Crippen LogP contribution in [-0.4, -0.2) is 44.5 Å². The largest absolute Gasteiger partial charge is 0.491 e. The Balaban J connectivity index is 2.58. The summed E-state index contributed by atoms with van der Waals surface area (Å²) in [7, 11) is -1.24. The first-order chi connectivity index (χ1) is 11.1. The highest BCUT2D eigenvalue weighted by Crippen LogP contribution is 2.24. The highest BCUT2D eigenvalue weighted by atomic mass is 35.5. The van der Waals surface area contributed by atoms with Gasteiger partial charge in [-0.2, -0.15) is 5.06 Å². The van der Waals surface area contributed by atoms with E-state index in [1.54, 1.807) is 12.1 Å². The maximum atomic E-state index is 10.3. The smallest absolute Gasteiger partial charge is 0.199 e. The van der Waals surface area contributed by atoms with E-state index in [4.69, 9.17) is 20.9 Å². The molecule has 2 unspecified atom stereocenters. The minimum atomic E-state index is -1.24. The van der Waals surface area contributed by atoms with Gasteiger partial charge in [0.2, 0.25) is 0 Å². The summed E-state index contributed by atoms with van der Waals surface area (Å²) in [5, 5.41) is 12.9. The molecule has 0 amide bonds. The van der Waals surface area contributed by atoms with Crippen molar-refractivity contribution in [2.45, 2.75) is 59.4 Å². The van der Waals surface area contributed by atoms with Crippen molar-refractivity contribution in [3.63, 3.8) is 0 Å². The lowest BCUT2D eigenvalue weighted by molar-refractivity contribution is -0.127. The Bertz CT molecular complexity index is 493. The predicted molar refractivity (Wildman–Crippen MR) is 103 cm³/mol. The lowest BCUT2D eigenvalue weighted by Gasteiger charge is -2.35. The predicted octanol–water partition coefficient (Wildman–Crippen LogP) is 4.12. The fourth-order valence-corrected chi connectivity index (χ4v) is 3.61. The number of aliphatic hydroxyl groups is 1. The number of nitrogens with zero attached hydrogens (tertiary/aromatic N) is 1. The summed E-state index contributed by atoms with van der Waals surface area (Å²) in [4.78, 5) is 0. The third-order valence-corrected chi connectivity index (χ3v) is 4.30. The third kappa shape index (κ3) is 9.04. The summed E-state index contributed by atoms with van der Waals surface area (Å²) < 4.78 is 11.7. The quantitative estimate of drug-likeness (QED) is 0.522. The van der Waals surface area contributed by atoms with Gasteiger partial charge in [0.1, 0.15) is 18.5 Å². The van der Waals surface area contributed by atoms with Crippen LogP contribution in [0.3, 0.4) is 0 Å². The van der Waals surface area contributed by atoms with E-state index in [1.165, 1.54) is 0 Å².